The molecule has 0 spiro atoms. The van der Waals surface area contributed by atoms with Crippen LogP contribution in [-0.2, 0) is 4.79 Å². The SMILES string of the molecule is C/C(=C/c1cc(Nc2ccccc2)cc(-c2ccccc2)c1)C(=O)N(C(C)C)C(C)C. The van der Waals surface area contributed by atoms with Crippen molar-refractivity contribution < 1.29 is 4.79 Å². The van der Waals surface area contributed by atoms with Crippen molar-refractivity contribution in [2.75, 3.05) is 5.32 Å². The summed E-state index contributed by atoms with van der Waals surface area (Å²) in [6, 6.07) is 27.1. The van der Waals surface area contributed by atoms with Crippen molar-refractivity contribution in [1.82, 2.24) is 4.90 Å². The van der Waals surface area contributed by atoms with Crippen molar-refractivity contribution in [2.24, 2.45) is 0 Å². The number of para-hydroxylation sites is 1. The van der Waals surface area contributed by atoms with Crippen LogP contribution in [0.2, 0.25) is 0 Å². The van der Waals surface area contributed by atoms with E-state index < -0.39 is 0 Å². The minimum atomic E-state index is 0.0766. The molecule has 0 saturated heterocycles. The highest BCUT2D eigenvalue weighted by Crippen LogP contribution is 2.28. The second-order valence-electron chi connectivity index (χ2n) is 8.43. The van der Waals surface area contributed by atoms with Crippen LogP contribution >= 0.6 is 0 Å². The van der Waals surface area contributed by atoms with Gasteiger partial charge in [-0.15, -0.1) is 0 Å². The summed E-state index contributed by atoms with van der Waals surface area (Å²) in [7, 11) is 0. The van der Waals surface area contributed by atoms with Gasteiger partial charge in [0.15, 0.2) is 0 Å². The van der Waals surface area contributed by atoms with Gasteiger partial charge in [-0.1, -0.05) is 48.5 Å². The average molecular weight is 413 g/mol. The van der Waals surface area contributed by atoms with Gasteiger partial charge in [-0.2, -0.15) is 0 Å². The van der Waals surface area contributed by atoms with E-state index in [4.69, 9.17) is 0 Å². The first-order valence-electron chi connectivity index (χ1n) is 10.9. The number of amides is 1. The number of nitrogens with zero attached hydrogens (tertiary/aromatic N) is 1. The fourth-order valence-corrected chi connectivity index (χ4v) is 3.87. The molecule has 0 aliphatic carbocycles. The first kappa shape index (κ1) is 22.4. The Kier molecular flexibility index (Phi) is 7.30. The van der Waals surface area contributed by atoms with Gasteiger partial charge >= 0.3 is 0 Å². The summed E-state index contributed by atoms with van der Waals surface area (Å²) in [6.45, 7) is 10.1. The molecule has 0 aromatic heterocycles. The summed E-state index contributed by atoms with van der Waals surface area (Å²) >= 11 is 0. The monoisotopic (exact) mass is 412 g/mol. The summed E-state index contributed by atoms with van der Waals surface area (Å²) in [5.74, 6) is 0.0766. The quantitative estimate of drug-likeness (QED) is 0.418. The van der Waals surface area contributed by atoms with Crippen LogP contribution in [0.25, 0.3) is 17.2 Å². The molecule has 3 aromatic carbocycles. The highest BCUT2D eigenvalue weighted by Gasteiger charge is 2.21. The maximum absolute atomic E-state index is 13.1. The van der Waals surface area contributed by atoms with Crippen molar-refractivity contribution in [2.45, 2.75) is 46.7 Å². The topological polar surface area (TPSA) is 32.3 Å². The van der Waals surface area contributed by atoms with Crippen molar-refractivity contribution in [1.29, 1.82) is 0 Å². The molecule has 0 unspecified atom stereocenters. The van der Waals surface area contributed by atoms with Crippen molar-refractivity contribution in [3.05, 3.63) is 90.0 Å². The minimum Gasteiger partial charge on any atom is -0.355 e. The van der Waals surface area contributed by atoms with E-state index in [0.717, 1.165) is 33.6 Å². The number of nitrogens with one attached hydrogen (secondary N) is 1. The molecule has 31 heavy (non-hydrogen) atoms. The molecule has 160 valence electrons. The summed E-state index contributed by atoms with van der Waals surface area (Å²) in [5.41, 5.74) is 6.00. The molecule has 0 saturated carbocycles. The Morgan fingerprint density at radius 2 is 1.35 bits per heavy atom. The third kappa shape index (κ3) is 5.85. The standard InChI is InChI=1S/C28H32N2O/c1-20(2)30(21(3)4)28(31)22(5)16-23-17-25(24-12-8-6-9-13-24)19-27(18-23)29-26-14-10-7-11-15-26/h6-21,29H,1-5H3/b22-16-. The Morgan fingerprint density at radius 3 is 1.94 bits per heavy atom. The van der Waals surface area contributed by atoms with Gasteiger partial charge in [0.05, 0.1) is 0 Å². The predicted molar refractivity (Wildman–Crippen MR) is 132 cm³/mol. The van der Waals surface area contributed by atoms with Crippen LogP contribution < -0.4 is 5.32 Å². The molecule has 3 heteroatoms. The zero-order valence-corrected chi connectivity index (χ0v) is 19.1. The van der Waals surface area contributed by atoms with Gasteiger partial charge in [0.25, 0.3) is 0 Å². The van der Waals surface area contributed by atoms with Crippen molar-refractivity contribution >= 4 is 23.4 Å². The van der Waals surface area contributed by atoms with Gasteiger partial charge in [0.1, 0.15) is 0 Å². The fourth-order valence-electron chi connectivity index (χ4n) is 3.87. The normalized spacial score (nSPS) is 11.6. The number of rotatable bonds is 7. The van der Waals surface area contributed by atoms with E-state index in [1.165, 1.54) is 0 Å². The van der Waals surface area contributed by atoms with Crippen molar-refractivity contribution in [3.8, 4) is 11.1 Å². The maximum atomic E-state index is 13.1. The first-order valence-corrected chi connectivity index (χ1v) is 10.9. The second kappa shape index (κ2) is 10.1. The van der Waals surface area contributed by atoms with Gasteiger partial charge in [-0.05, 0) is 87.7 Å². The van der Waals surface area contributed by atoms with Gasteiger partial charge in [-0.3, -0.25) is 4.79 Å². The lowest BCUT2D eigenvalue weighted by Crippen LogP contribution is -2.42. The highest BCUT2D eigenvalue weighted by molar-refractivity contribution is 5.98. The third-order valence-electron chi connectivity index (χ3n) is 5.19. The lowest BCUT2D eigenvalue weighted by atomic mass is 10.0. The van der Waals surface area contributed by atoms with Crippen LogP contribution in [0.1, 0.15) is 40.2 Å². The molecule has 3 aromatic rings. The number of carbonyl (C=O) groups excluding carboxylic acids is 1. The molecular formula is C28H32N2O. The molecule has 1 amide bonds. The maximum Gasteiger partial charge on any atom is 0.249 e. The summed E-state index contributed by atoms with van der Waals surface area (Å²) < 4.78 is 0. The number of carbonyl (C=O) groups is 1. The smallest absolute Gasteiger partial charge is 0.249 e. The summed E-state index contributed by atoms with van der Waals surface area (Å²) in [6.07, 6.45) is 1.99. The van der Waals surface area contributed by atoms with Gasteiger partial charge < -0.3 is 10.2 Å². The summed E-state index contributed by atoms with van der Waals surface area (Å²) in [4.78, 5) is 15.0. The first-order chi connectivity index (χ1) is 14.8. The minimum absolute atomic E-state index is 0.0766. The highest BCUT2D eigenvalue weighted by atomic mass is 16.2. The van der Waals surface area contributed by atoms with E-state index in [0.29, 0.717) is 0 Å². The number of benzene rings is 3. The number of anilines is 2. The molecule has 0 heterocycles. The van der Waals surface area contributed by atoms with Crippen molar-refractivity contribution in [3.63, 3.8) is 0 Å². The Balaban J connectivity index is 2.01. The molecule has 3 nitrogen and oxygen atoms in total. The fraction of sp³-hybridized carbons (Fsp3) is 0.250. The van der Waals surface area contributed by atoms with Gasteiger partial charge in [0.2, 0.25) is 5.91 Å². The molecule has 0 bridgehead atoms. The molecule has 0 atom stereocenters. The van der Waals surface area contributed by atoms with E-state index >= 15 is 0 Å². The third-order valence-corrected chi connectivity index (χ3v) is 5.19. The number of hydrogen-bond acceptors (Lipinski definition) is 2. The second-order valence-corrected chi connectivity index (χ2v) is 8.43. The zero-order chi connectivity index (χ0) is 22.4. The molecule has 0 fully saturated rings. The number of hydrogen-bond donors (Lipinski definition) is 1. The summed E-state index contributed by atoms with van der Waals surface area (Å²) in [5, 5.41) is 3.49. The Morgan fingerprint density at radius 1 is 0.774 bits per heavy atom. The van der Waals surface area contributed by atoms with Gasteiger partial charge in [-0.25, -0.2) is 0 Å². The largest absolute Gasteiger partial charge is 0.355 e. The van der Waals surface area contributed by atoms with E-state index in [9.17, 15) is 4.79 Å². The zero-order valence-electron chi connectivity index (χ0n) is 19.1. The van der Waals surface area contributed by atoms with Crippen LogP contribution in [0.5, 0.6) is 0 Å². The Labute approximate surface area is 186 Å². The Hall–Kier alpha value is -3.33. The Bertz CT molecular complexity index is 1030. The van der Waals surface area contributed by atoms with E-state index in [1.54, 1.807) is 0 Å². The molecule has 1 N–H and O–H groups in total. The molecule has 0 aliphatic rings. The predicted octanol–water partition coefficient (Wildman–Crippen LogP) is 7.15. The van der Waals surface area contributed by atoms with Crippen LogP contribution in [0.4, 0.5) is 11.4 Å². The van der Waals surface area contributed by atoms with E-state index in [1.807, 2.05) is 66.4 Å². The molecular weight excluding hydrogens is 380 g/mol. The van der Waals surface area contributed by atoms with E-state index in [2.05, 4.69) is 63.3 Å². The van der Waals surface area contributed by atoms with Crippen LogP contribution in [0.15, 0.2) is 84.4 Å². The lowest BCUT2D eigenvalue weighted by molar-refractivity contribution is -0.130. The van der Waals surface area contributed by atoms with Crippen LogP contribution in [0.3, 0.4) is 0 Å². The average Bonchev–Trinajstić information content (AvgIpc) is 2.74. The molecule has 0 aliphatic heterocycles. The van der Waals surface area contributed by atoms with E-state index in [-0.39, 0.29) is 18.0 Å². The van der Waals surface area contributed by atoms with Gasteiger partial charge in [0, 0.05) is 29.0 Å². The lowest BCUT2D eigenvalue weighted by Gasteiger charge is -2.31. The van der Waals surface area contributed by atoms with Crippen LogP contribution in [-0.4, -0.2) is 22.9 Å². The molecule has 3 rings (SSSR count). The molecule has 0 radical (unpaired) electrons. The van der Waals surface area contributed by atoms with Crippen LogP contribution in [0, 0.1) is 0 Å².